The summed E-state index contributed by atoms with van der Waals surface area (Å²) in [5.41, 5.74) is 0. The molecule has 4 nitrogen and oxygen atoms in total. The highest BCUT2D eigenvalue weighted by atomic mass is 16.3. The van der Waals surface area contributed by atoms with Gasteiger partial charge >= 0.3 is 0 Å². The normalized spacial score (nSPS) is 23.9. The Bertz CT molecular complexity index is 391. The van der Waals surface area contributed by atoms with Crippen molar-refractivity contribution in [2.24, 2.45) is 11.8 Å². The molecule has 4 heteroatoms. The second kappa shape index (κ2) is 6.05. The molecule has 1 aliphatic rings. The number of aliphatic hydroxyl groups is 1. The van der Waals surface area contributed by atoms with Gasteiger partial charge in [-0.15, -0.1) is 0 Å². The van der Waals surface area contributed by atoms with Crippen LogP contribution in [-0.4, -0.2) is 17.6 Å². The highest BCUT2D eigenvalue weighted by Crippen LogP contribution is 2.28. The molecule has 2 rings (SSSR count). The van der Waals surface area contributed by atoms with Gasteiger partial charge < -0.3 is 14.8 Å². The Morgan fingerprint density at radius 2 is 2.11 bits per heavy atom. The first-order chi connectivity index (χ1) is 8.69. The van der Waals surface area contributed by atoms with Crippen molar-refractivity contribution in [2.45, 2.75) is 39.2 Å². The van der Waals surface area contributed by atoms with Crippen LogP contribution in [0, 0.1) is 18.8 Å². The fraction of sp³-hybridized carbons (Fsp3) is 0.643. The zero-order valence-electron chi connectivity index (χ0n) is 10.8. The van der Waals surface area contributed by atoms with Crippen LogP contribution >= 0.6 is 0 Å². The summed E-state index contributed by atoms with van der Waals surface area (Å²) in [5.74, 6) is 2.26. The summed E-state index contributed by atoms with van der Waals surface area (Å²) in [4.78, 5) is 12.0. The minimum atomic E-state index is 0.101. The van der Waals surface area contributed by atoms with Crippen molar-refractivity contribution in [3.63, 3.8) is 0 Å². The number of carbonyl (C=O) groups excluding carboxylic acids is 1. The molecule has 0 radical (unpaired) electrons. The quantitative estimate of drug-likeness (QED) is 0.860. The molecule has 0 aliphatic heterocycles. The topological polar surface area (TPSA) is 62.5 Å². The maximum Gasteiger partial charge on any atom is 0.223 e. The number of aryl methyl sites for hydroxylation is 1. The van der Waals surface area contributed by atoms with Crippen LogP contribution < -0.4 is 5.32 Å². The number of rotatable bonds is 4. The molecule has 0 unspecified atom stereocenters. The summed E-state index contributed by atoms with van der Waals surface area (Å²) in [6, 6.07) is 3.78. The molecule has 0 spiro atoms. The van der Waals surface area contributed by atoms with Crippen LogP contribution in [-0.2, 0) is 11.3 Å². The lowest BCUT2D eigenvalue weighted by atomic mass is 9.82. The summed E-state index contributed by atoms with van der Waals surface area (Å²) in [7, 11) is 0. The molecule has 2 N–H and O–H groups in total. The van der Waals surface area contributed by atoms with Crippen molar-refractivity contribution >= 4 is 5.91 Å². The molecule has 1 aromatic heterocycles. The fourth-order valence-electron chi connectivity index (χ4n) is 2.51. The van der Waals surface area contributed by atoms with E-state index in [4.69, 9.17) is 9.52 Å². The van der Waals surface area contributed by atoms with Gasteiger partial charge in [0.05, 0.1) is 6.54 Å². The lowest BCUT2D eigenvalue weighted by molar-refractivity contribution is -0.126. The van der Waals surface area contributed by atoms with E-state index >= 15 is 0 Å². The standard InChI is InChI=1S/C14H21NO3/c1-10-2-7-13(18-10)8-15-14(17)12-5-3-11(9-16)4-6-12/h2,7,11-12,16H,3-6,8-9H2,1H3,(H,15,17). The molecule has 0 bridgehead atoms. The Morgan fingerprint density at radius 3 is 2.67 bits per heavy atom. The summed E-state index contributed by atoms with van der Waals surface area (Å²) in [6.45, 7) is 2.61. The molecule has 0 atom stereocenters. The van der Waals surface area contributed by atoms with Gasteiger partial charge in [0.1, 0.15) is 11.5 Å². The van der Waals surface area contributed by atoms with E-state index < -0.39 is 0 Å². The molecular weight excluding hydrogens is 230 g/mol. The average Bonchev–Trinajstić information content (AvgIpc) is 2.82. The smallest absolute Gasteiger partial charge is 0.223 e. The number of nitrogens with one attached hydrogen (secondary N) is 1. The maximum atomic E-state index is 12.0. The van der Waals surface area contributed by atoms with Crippen LogP contribution in [0.4, 0.5) is 0 Å². The average molecular weight is 251 g/mol. The lowest BCUT2D eigenvalue weighted by Crippen LogP contribution is -2.33. The molecule has 1 aliphatic carbocycles. The zero-order valence-corrected chi connectivity index (χ0v) is 10.8. The predicted molar refractivity (Wildman–Crippen MR) is 67.8 cm³/mol. The van der Waals surface area contributed by atoms with Crippen LogP contribution in [0.5, 0.6) is 0 Å². The minimum Gasteiger partial charge on any atom is -0.465 e. The maximum absolute atomic E-state index is 12.0. The van der Waals surface area contributed by atoms with E-state index in [2.05, 4.69) is 5.32 Å². The number of amides is 1. The van der Waals surface area contributed by atoms with Crippen LogP contribution in [0.15, 0.2) is 16.5 Å². The van der Waals surface area contributed by atoms with Crippen molar-refractivity contribution in [1.29, 1.82) is 0 Å². The Labute approximate surface area is 107 Å². The SMILES string of the molecule is Cc1ccc(CNC(=O)C2CCC(CO)CC2)o1. The third-order valence-corrected chi connectivity index (χ3v) is 3.71. The van der Waals surface area contributed by atoms with Crippen LogP contribution in [0.3, 0.4) is 0 Å². The van der Waals surface area contributed by atoms with E-state index in [1.807, 2.05) is 19.1 Å². The Balaban J connectivity index is 1.75. The van der Waals surface area contributed by atoms with E-state index in [1.165, 1.54) is 0 Å². The second-order valence-corrected chi connectivity index (χ2v) is 5.13. The number of furan rings is 1. The van der Waals surface area contributed by atoms with Gasteiger partial charge in [0.2, 0.25) is 5.91 Å². The van der Waals surface area contributed by atoms with Crippen molar-refractivity contribution < 1.29 is 14.3 Å². The van der Waals surface area contributed by atoms with Gasteiger partial charge in [-0.1, -0.05) is 0 Å². The Morgan fingerprint density at radius 1 is 1.39 bits per heavy atom. The number of aliphatic hydroxyl groups excluding tert-OH is 1. The van der Waals surface area contributed by atoms with Crippen LogP contribution in [0.1, 0.15) is 37.2 Å². The molecule has 100 valence electrons. The molecule has 1 amide bonds. The van der Waals surface area contributed by atoms with Crippen LogP contribution in [0.25, 0.3) is 0 Å². The van der Waals surface area contributed by atoms with Gasteiger partial charge in [-0.3, -0.25) is 4.79 Å². The molecule has 1 aromatic rings. The van der Waals surface area contributed by atoms with Crippen molar-refractivity contribution in [1.82, 2.24) is 5.32 Å². The molecule has 18 heavy (non-hydrogen) atoms. The summed E-state index contributed by atoms with van der Waals surface area (Å²) in [5, 5.41) is 12.0. The molecule has 1 fully saturated rings. The fourth-order valence-corrected chi connectivity index (χ4v) is 2.51. The molecule has 1 heterocycles. The molecular formula is C14H21NO3. The van der Waals surface area contributed by atoms with Gasteiger partial charge in [0.25, 0.3) is 0 Å². The first-order valence-electron chi connectivity index (χ1n) is 6.63. The summed E-state index contributed by atoms with van der Waals surface area (Å²) >= 11 is 0. The highest BCUT2D eigenvalue weighted by Gasteiger charge is 2.25. The summed E-state index contributed by atoms with van der Waals surface area (Å²) < 4.78 is 5.41. The van der Waals surface area contributed by atoms with Crippen LogP contribution in [0.2, 0.25) is 0 Å². The Hall–Kier alpha value is -1.29. The molecule has 0 aromatic carbocycles. The minimum absolute atomic E-state index is 0.101. The molecule has 1 saturated carbocycles. The zero-order chi connectivity index (χ0) is 13.0. The number of hydrogen-bond acceptors (Lipinski definition) is 3. The van der Waals surface area contributed by atoms with E-state index in [0.717, 1.165) is 37.2 Å². The van der Waals surface area contributed by atoms with Gasteiger partial charge in [-0.05, 0) is 50.7 Å². The van der Waals surface area contributed by atoms with Crippen molar-refractivity contribution in [3.05, 3.63) is 23.7 Å². The van der Waals surface area contributed by atoms with Gasteiger partial charge in [0, 0.05) is 12.5 Å². The largest absolute Gasteiger partial charge is 0.465 e. The van der Waals surface area contributed by atoms with E-state index in [1.54, 1.807) is 0 Å². The summed E-state index contributed by atoms with van der Waals surface area (Å²) in [6.07, 6.45) is 3.67. The third kappa shape index (κ3) is 3.35. The van der Waals surface area contributed by atoms with Crippen molar-refractivity contribution in [2.75, 3.05) is 6.61 Å². The van der Waals surface area contributed by atoms with Gasteiger partial charge in [0.15, 0.2) is 0 Å². The first-order valence-corrected chi connectivity index (χ1v) is 6.63. The number of hydrogen-bond donors (Lipinski definition) is 2. The van der Waals surface area contributed by atoms with E-state index in [0.29, 0.717) is 12.5 Å². The number of carbonyl (C=O) groups is 1. The second-order valence-electron chi connectivity index (χ2n) is 5.13. The Kier molecular flexibility index (Phi) is 4.42. The predicted octanol–water partition coefficient (Wildman–Crippen LogP) is 2.00. The first kappa shape index (κ1) is 13.1. The van der Waals surface area contributed by atoms with E-state index in [-0.39, 0.29) is 18.4 Å². The highest BCUT2D eigenvalue weighted by molar-refractivity contribution is 5.78. The van der Waals surface area contributed by atoms with Gasteiger partial charge in [-0.2, -0.15) is 0 Å². The van der Waals surface area contributed by atoms with Crippen molar-refractivity contribution in [3.8, 4) is 0 Å². The van der Waals surface area contributed by atoms with Gasteiger partial charge in [-0.25, -0.2) is 0 Å². The lowest BCUT2D eigenvalue weighted by Gasteiger charge is -2.26. The monoisotopic (exact) mass is 251 g/mol. The van der Waals surface area contributed by atoms with E-state index in [9.17, 15) is 4.79 Å². The molecule has 0 saturated heterocycles. The third-order valence-electron chi connectivity index (χ3n) is 3.71.